The summed E-state index contributed by atoms with van der Waals surface area (Å²) in [6, 6.07) is 0. The monoisotopic (exact) mass is 438 g/mol. The summed E-state index contributed by atoms with van der Waals surface area (Å²) in [7, 11) is 0. The lowest BCUT2D eigenvalue weighted by Crippen LogP contribution is -2.48. The van der Waals surface area contributed by atoms with Crippen LogP contribution in [0.2, 0.25) is 0 Å². The first kappa shape index (κ1) is 26.5. The van der Waals surface area contributed by atoms with Gasteiger partial charge in [-0.2, -0.15) is 8.78 Å². The first-order valence-electron chi connectivity index (χ1n) is 10.3. The van der Waals surface area contributed by atoms with E-state index in [2.05, 4.69) is 11.7 Å². The molecule has 3 rings (SSSR count). The lowest BCUT2D eigenvalue weighted by molar-refractivity contribution is -0.314. The van der Waals surface area contributed by atoms with Crippen molar-refractivity contribution in [2.24, 2.45) is 23.7 Å². The van der Waals surface area contributed by atoms with Crippen molar-refractivity contribution in [1.29, 1.82) is 0 Å². The predicted molar refractivity (Wildman–Crippen MR) is 99.9 cm³/mol. The molecule has 176 valence electrons. The lowest BCUT2D eigenvalue weighted by Gasteiger charge is -2.41. The Hall–Kier alpha value is -0.540. The molecule has 4 N–H and O–H groups in total. The molecule has 0 radical (unpaired) electrons. The van der Waals surface area contributed by atoms with Crippen LogP contribution >= 0.6 is 0 Å². The molecule has 0 aromatic rings. The van der Waals surface area contributed by atoms with Gasteiger partial charge in [0.05, 0.1) is 12.0 Å². The number of ether oxygens (including phenoxy) is 1. The smallest absolute Gasteiger partial charge is 0.361 e. The molecule has 3 aliphatic rings. The number of halogens is 6. The largest absolute Gasteiger partial charge is 0.412 e. The lowest BCUT2D eigenvalue weighted by atomic mass is 9.68. The molecule has 3 saturated carbocycles. The SMILES string of the molecule is CC1CCC(C2CCC(C(F)(F)OC3CC(F)C(F)C(F)C3)C(F)C2)CC1.O.O.[HH]. The van der Waals surface area contributed by atoms with Gasteiger partial charge in [-0.25, -0.2) is 17.6 Å². The summed E-state index contributed by atoms with van der Waals surface area (Å²) in [4.78, 5) is 0. The second-order valence-electron chi connectivity index (χ2n) is 8.97. The highest BCUT2D eigenvalue weighted by atomic mass is 19.3. The van der Waals surface area contributed by atoms with E-state index in [0.29, 0.717) is 18.3 Å². The minimum absolute atomic E-state index is 0. The van der Waals surface area contributed by atoms with E-state index in [1.807, 2.05) is 0 Å². The van der Waals surface area contributed by atoms with Gasteiger partial charge in [-0.05, 0) is 49.9 Å². The van der Waals surface area contributed by atoms with Crippen molar-refractivity contribution in [2.45, 2.75) is 102 Å². The molecule has 3 fully saturated rings. The van der Waals surface area contributed by atoms with Gasteiger partial charge in [-0.1, -0.05) is 19.8 Å². The topological polar surface area (TPSA) is 72.2 Å². The molecule has 9 heteroatoms. The van der Waals surface area contributed by atoms with Gasteiger partial charge in [0.25, 0.3) is 0 Å². The van der Waals surface area contributed by atoms with Crippen LogP contribution in [0.1, 0.15) is 66.1 Å². The van der Waals surface area contributed by atoms with E-state index in [4.69, 9.17) is 0 Å². The van der Waals surface area contributed by atoms with Crippen LogP contribution in [-0.2, 0) is 4.74 Å². The minimum atomic E-state index is -3.79. The van der Waals surface area contributed by atoms with Gasteiger partial charge in [0.1, 0.15) is 18.5 Å². The highest BCUT2D eigenvalue weighted by Crippen LogP contribution is 2.47. The molecule has 0 aromatic carbocycles. The van der Waals surface area contributed by atoms with Crippen molar-refractivity contribution in [1.82, 2.24) is 0 Å². The highest BCUT2D eigenvalue weighted by Gasteiger charge is 2.52. The quantitative estimate of drug-likeness (QED) is 0.573. The zero-order valence-electron chi connectivity index (χ0n) is 16.7. The van der Waals surface area contributed by atoms with E-state index in [1.165, 1.54) is 0 Å². The third-order valence-corrected chi connectivity index (χ3v) is 6.96. The summed E-state index contributed by atoms with van der Waals surface area (Å²) >= 11 is 0. The van der Waals surface area contributed by atoms with Crippen molar-refractivity contribution in [3.8, 4) is 0 Å². The van der Waals surface area contributed by atoms with Crippen LogP contribution in [0.15, 0.2) is 0 Å². The standard InChI is InChI=1S/C20H30F6O.2H2O.H2/c1-11-2-4-12(5-3-11)13-6-7-15(16(21)8-13)20(25,26)27-14-9-17(22)19(24)18(23)10-14;;;/h11-19H,2-10H2,1H3;2*1H2;1H. The van der Waals surface area contributed by atoms with Gasteiger partial charge in [-0.3, -0.25) is 0 Å². The minimum Gasteiger partial charge on any atom is -0.412 e. The van der Waals surface area contributed by atoms with Crippen LogP contribution in [0.4, 0.5) is 26.3 Å². The van der Waals surface area contributed by atoms with Gasteiger partial charge >= 0.3 is 6.11 Å². The van der Waals surface area contributed by atoms with Gasteiger partial charge in [-0.15, -0.1) is 0 Å². The number of rotatable bonds is 4. The van der Waals surface area contributed by atoms with Crippen LogP contribution in [0.3, 0.4) is 0 Å². The van der Waals surface area contributed by atoms with Crippen LogP contribution in [0.25, 0.3) is 0 Å². The average Bonchev–Trinajstić information content (AvgIpc) is 2.59. The normalized spacial score (nSPS) is 43.8. The van der Waals surface area contributed by atoms with Crippen molar-refractivity contribution in [2.75, 3.05) is 0 Å². The van der Waals surface area contributed by atoms with Crippen molar-refractivity contribution < 1.29 is 43.5 Å². The molecule has 5 unspecified atom stereocenters. The number of hydrogen-bond donors (Lipinski definition) is 0. The fourth-order valence-corrected chi connectivity index (χ4v) is 5.20. The molecular weight excluding hydrogens is 402 g/mol. The van der Waals surface area contributed by atoms with Gasteiger partial charge in [0, 0.05) is 14.3 Å². The molecule has 0 heterocycles. The van der Waals surface area contributed by atoms with E-state index < -0.39 is 55.7 Å². The van der Waals surface area contributed by atoms with E-state index in [-0.39, 0.29) is 31.1 Å². The Bertz CT molecular complexity index is 483. The molecule has 3 aliphatic carbocycles. The molecule has 0 aromatic heterocycles. The van der Waals surface area contributed by atoms with E-state index in [1.54, 1.807) is 0 Å². The third-order valence-electron chi connectivity index (χ3n) is 6.96. The van der Waals surface area contributed by atoms with Crippen LogP contribution in [-0.4, -0.2) is 47.9 Å². The molecule has 0 spiro atoms. The van der Waals surface area contributed by atoms with E-state index in [9.17, 15) is 26.3 Å². The third kappa shape index (κ3) is 6.23. The van der Waals surface area contributed by atoms with Crippen LogP contribution in [0.5, 0.6) is 0 Å². The molecule has 3 nitrogen and oxygen atoms in total. The fourth-order valence-electron chi connectivity index (χ4n) is 5.20. The van der Waals surface area contributed by atoms with Crippen LogP contribution in [0, 0.1) is 23.7 Å². The highest BCUT2D eigenvalue weighted by molar-refractivity contribution is 4.91. The second kappa shape index (κ2) is 10.7. The fraction of sp³-hybridized carbons (Fsp3) is 1.00. The summed E-state index contributed by atoms with van der Waals surface area (Å²) in [5.41, 5.74) is 0. The zero-order valence-corrected chi connectivity index (χ0v) is 16.7. The molecule has 0 amide bonds. The summed E-state index contributed by atoms with van der Waals surface area (Å²) < 4.78 is 88.4. The zero-order chi connectivity index (χ0) is 19.8. The van der Waals surface area contributed by atoms with Crippen molar-refractivity contribution in [3.63, 3.8) is 0 Å². The summed E-state index contributed by atoms with van der Waals surface area (Å²) in [5, 5.41) is 0. The van der Waals surface area contributed by atoms with Crippen LogP contribution < -0.4 is 0 Å². The first-order chi connectivity index (χ1) is 12.7. The predicted octanol–water partition coefficient (Wildman–Crippen LogP) is 4.95. The molecule has 0 saturated heterocycles. The van der Waals surface area contributed by atoms with Crippen molar-refractivity contribution >= 4 is 0 Å². The Labute approximate surface area is 169 Å². The maximum Gasteiger partial charge on any atom is 0.361 e. The maximum atomic E-state index is 14.6. The number of alkyl halides is 6. The Kier molecular flexibility index (Phi) is 9.74. The first-order valence-corrected chi connectivity index (χ1v) is 10.3. The number of hydrogen-bond acceptors (Lipinski definition) is 1. The van der Waals surface area contributed by atoms with E-state index >= 15 is 0 Å². The molecule has 0 aliphatic heterocycles. The Morgan fingerprint density at radius 1 is 0.724 bits per heavy atom. The van der Waals surface area contributed by atoms with Gasteiger partial charge in [0.2, 0.25) is 0 Å². The Balaban J connectivity index is 0.00000280. The summed E-state index contributed by atoms with van der Waals surface area (Å²) in [5.74, 6) is -0.411. The van der Waals surface area contributed by atoms with Gasteiger partial charge < -0.3 is 15.7 Å². The average molecular weight is 438 g/mol. The summed E-state index contributed by atoms with van der Waals surface area (Å²) in [6.07, 6.45) is -9.92. The second-order valence-corrected chi connectivity index (χ2v) is 8.97. The summed E-state index contributed by atoms with van der Waals surface area (Å²) in [6.45, 7) is 2.20. The van der Waals surface area contributed by atoms with E-state index in [0.717, 1.165) is 25.7 Å². The molecule has 29 heavy (non-hydrogen) atoms. The van der Waals surface area contributed by atoms with Crippen molar-refractivity contribution in [3.05, 3.63) is 0 Å². The maximum absolute atomic E-state index is 14.6. The van der Waals surface area contributed by atoms with Gasteiger partial charge in [0.15, 0.2) is 6.17 Å². The Morgan fingerprint density at radius 2 is 1.24 bits per heavy atom. The Morgan fingerprint density at radius 3 is 1.76 bits per heavy atom. The molecule has 0 bridgehead atoms. The molecule has 5 atom stereocenters. The molecular formula is C20H36F6O3.